The first kappa shape index (κ1) is 22.7. The summed E-state index contributed by atoms with van der Waals surface area (Å²) in [6.45, 7) is 8.89. The topological polar surface area (TPSA) is 94.0 Å². The molecule has 31 heavy (non-hydrogen) atoms. The summed E-state index contributed by atoms with van der Waals surface area (Å²) in [6, 6.07) is 1.93. The lowest BCUT2D eigenvalue weighted by molar-refractivity contribution is 0.0425. The van der Waals surface area contributed by atoms with Gasteiger partial charge in [-0.15, -0.1) is 0 Å². The number of aromatic nitrogens is 2. The van der Waals surface area contributed by atoms with Crippen molar-refractivity contribution in [3.05, 3.63) is 65.3 Å². The van der Waals surface area contributed by atoms with E-state index in [0.29, 0.717) is 6.54 Å². The smallest absolute Gasteiger partial charge is 0.287 e. The fourth-order valence-electron chi connectivity index (χ4n) is 3.70. The summed E-state index contributed by atoms with van der Waals surface area (Å²) in [5.41, 5.74) is 3.95. The van der Waals surface area contributed by atoms with Crippen LogP contribution >= 0.6 is 0 Å². The lowest BCUT2D eigenvalue weighted by atomic mass is 9.95. The van der Waals surface area contributed by atoms with E-state index >= 15 is 0 Å². The number of rotatable bonds is 9. The van der Waals surface area contributed by atoms with Gasteiger partial charge in [-0.05, 0) is 43.3 Å². The number of ether oxygens (including phenoxy) is 1. The van der Waals surface area contributed by atoms with Crippen LogP contribution in [0.15, 0.2) is 53.8 Å². The van der Waals surface area contributed by atoms with Crippen molar-refractivity contribution in [3.63, 3.8) is 0 Å². The van der Waals surface area contributed by atoms with E-state index in [2.05, 4.69) is 38.9 Å². The molecule has 2 aliphatic rings. The number of amides is 1. The minimum atomic E-state index is -0.337. The molecule has 7 nitrogen and oxygen atoms in total. The highest BCUT2D eigenvalue weighted by Crippen LogP contribution is 2.22. The van der Waals surface area contributed by atoms with Gasteiger partial charge in [0.1, 0.15) is 11.8 Å². The van der Waals surface area contributed by atoms with Crippen LogP contribution in [0.2, 0.25) is 0 Å². The molecule has 3 rings (SSSR count). The van der Waals surface area contributed by atoms with E-state index in [1.807, 2.05) is 18.2 Å². The predicted molar refractivity (Wildman–Crippen MR) is 120 cm³/mol. The quantitative estimate of drug-likeness (QED) is 0.471. The summed E-state index contributed by atoms with van der Waals surface area (Å²) in [6.07, 6.45) is 15.8. The van der Waals surface area contributed by atoms with E-state index in [1.165, 1.54) is 37.5 Å². The van der Waals surface area contributed by atoms with Crippen LogP contribution < -0.4 is 5.32 Å². The van der Waals surface area contributed by atoms with E-state index in [4.69, 9.17) is 10.00 Å². The Kier molecular flexibility index (Phi) is 8.83. The van der Waals surface area contributed by atoms with Gasteiger partial charge < -0.3 is 15.0 Å². The van der Waals surface area contributed by atoms with E-state index in [0.717, 1.165) is 50.4 Å². The van der Waals surface area contributed by atoms with Gasteiger partial charge in [0.25, 0.3) is 5.91 Å². The number of nitrogens with zero attached hydrogens (tertiary/aromatic N) is 3. The zero-order valence-corrected chi connectivity index (χ0v) is 18.0. The van der Waals surface area contributed by atoms with Gasteiger partial charge in [-0.25, -0.2) is 4.98 Å². The minimum Gasteiger partial charge on any atom is -0.379 e. The Morgan fingerprint density at radius 2 is 2.23 bits per heavy atom. The summed E-state index contributed by atoms with van der Waals surface area (Å²) >= 11 is 0. The summed E-state index contributed by atoms with van der Waals surface area (Å²) < 4.78 is 5.44. The number of carbonyl (C=O) groups is 1. The highest BCUT2D eigenvalue weighted by molar-refractivity contribution is 5.90. The molecule has 0 spiro atoms. The van der Waals surface area contributed by atoms with Crippen LogP contribution in [-0.4, -0.2) is 60.2 Å². The van der Waals surface area contributed by atoms with Gasteiger partial charge in [-0.2, -0.15) is 5.26 Å². The van der Waals surface area contributed by atoms with Gasteiger partial charge in [-0.1, -0.05) is 36.5 Å². The van der Waals surface area contributed by atoms with E-state index in [9.17, 15) is 4.79 Å². The Labute approximate surface area is 184 Å². The molecular formula is C24H31N5O2. The van der Waals surface area contributed by atoms with Crippen LogP contribution in [0.25, 0.3) is 0 Å². The largest absolute Gasteiger partial charge is 0.379 e. The molecule has 0 aromatic carbocycles. The lowest BCUT2D eigenvalue weighted by Crippen LogP contribution is -2.37. The van der Waals surface area contributed by atoms with Crippen LogP contribution in [0.4, 0.5) is 0 Å². The number of H-pyrrole nitrogens is 1. The Balaban J connectivity index is 1.59. The molecule has 1 aliphatic carbocycles. The number of aromatic amines is 1. The second-order valence-electron chi connectivity index (χ2n) is 7.83. The average molecular weight is 422 g/mol. The minimum absolute atomic E-state index is 0.140. The number of nitriles is 1. The zero-order chi connectivity index (χ0) is 21.9. The molecule has 1 aromatic rings. The SMILES string of the molecule is C=C(CN1CCOCC1)C(/C=C\CNC(=O)c1ncc(C#N)[nH]1)=C/CC1=CCCCC1. The van der Waals surface area contributed by atoms with E-state index in [1.54, 1.807) is 0 Å². The number of hydrogen-bond acceptors (Lipinski definition) is 5. The molecule has 1 aromatic heterocycles. The van der Waals surface area contributed by atoms with Crippen molar-refractivity contribution >= 4 is 5.91 Å². The van der Waals surface area contributed by atoms with Crippen LogP contribution in [-0.2, 0) is 4.74 Å². The zero-order valence-electron chi connectivity index (χ0n) is 18.0. The molecule has 7 heteroatoms. The number of carbonyl (C=O) groups excluding carboxylic acids is 1. The van der Waals surface area contributed by atoms with Crippen LogP contribution in [0.5, 0.6) is 0 Å². The maximum absolute atomic E-state index is 12.1. The first-order valence-electron chi connectivity index (χ1n) is 10.9. The highest BCUT2D eigenvalue weighted by Gasteiger charge is 2.13. The third kappa shape index (κ3) is 7.35. The van der Waals surface area contributed by atoms with Crippen LogP contribution in [0.3, 0.4) is 0 Å². The first-order valence-corrected chi connectivity index (χ1v) is 10.9. The number of hydrogen-bond donors (Lipinski definition) is 2. The Bertz CT molecular complexity index is 897. The van der Waals surface area contributed by atoms with Crippen LogP contribution in [0.1, 0.15) is 48.4 Å². The molecule has 2 N–H and O–H groups in total. The second kappa shape index (κ2) is 12.0. The first-order chi connectivity index (χ1) is 15.2. The van der Waals surface area contributed by atoms with Gasteiger partial charge in [0.05, 0.1) is 19.4 Å². The van der Waals surface area contributed by atoms with Crippen molar-refractivity contribution in [2.45, 2.75) is 32.1 Å². The summed E-state index contributed by atoms with van der Waals surface area (Å²) in [5.74, 6) is -0.196. The fraction of sp³-hybridized carbons (Fsp3) is 0.458. The molecule has 164 valence electrons. The maximum atomic E-state index is 12.1. The normalized spacial score (nSPS) is 17.9. The summed E-state index contributed by atoms with van der Waals surface area (Å²) in [7, 11) is 0. The molecule has 0 unspecified atom stereocenters. The van der Waals surface area contributed by atoms with Crippen molar-refractivity contribution in [3.8, 4) is 6.07 Å². The molecule has 1 saturated heterocycles. The van der Waals surface area contributed by atoms with Crippen molar-refractivity contribution < 1.29 is 9.53 Å². The molecule has 0 saturated carbocycles. The fourth-order valence-corrected chi connectivity index (χ4v) is 3.70. The molecule has 0 atom stereocenters. The van der Waals surface area contributed by atoms with Crippen molar-refractivity contribution in [1.82, 2.24) is 20.2 Å². The van der Waals surface area contributed by atoms with Gasteiger partial charge >= 0.3 is 0 Å². The van der Waals surface area contributed by atoms with Crippen molar-refractivity contribution in [1.29, 1.82) is 5.26 Å². The third-order valence-corrected chi connectivity index (χ3v) is 5.48. The van der Waals surface area contributed by atoms with E-state index < -0.39 is 0 Å². The molecule has 2 heterocycles. The van der Waals surface area contributed by atoms with Crippen molar-refractivity contribution in [2.75, 3.05) is 39.4 Å². The molecule has 0 radical (unpaired) electrons. The van der Waals surface area contributed by atoms with Gasteiger partial charge in [0, 0.05) is 26.2 Å². The molecule has 1 amide bonds. The number of morpholine rings is 1. The standard InChI is InChI=1S/C24H31N5O2/c1-19(18-29-12-14-31-15-13-29)21(10-9-20-6-3-2-4-7-20)8-5-11-26-24(30)23-27-17-22(16-25)28-23/h5-6,8,10,17H,1-4,7,9,11-15,18H2,(H,26,30)(H,27,28)/b8-5-,21-10+. The number of allylic oxidation sites excluding steroid dienone is 4. The number of imidazole rings is 1. The third-order valence-electron chi connectivity index (χ3n) is 5.48. The summed E-state index contributed by atoms with van der Waals surface area (Å²) in [4.78, 5) is 21.1. The Morgan fingerprint density at radius 3 is 2.94 bits per heavy atom. The average Bonchev–Trinajstić information content (AvgIpc) is 3.29. The van der Waals surface area contributed by atoms with Gasteiger partial charge in [0.15, 0.2) is 5.82 Å². The van der Waals surface area contributed by atoms with Gasteiger partial charge in [-0.3, -0.25) is 9.69 Å². The van der Waals surface area contributed by atoms with Crippen molar-refractivity contribution in [2.24, 2.45) is 0 Å². The molecule has 1 aliphatic heterocycles. The monoisotopic (exact) mass is 421 g/mol. The van der Waals surface area contributed by atoms with Gasteiger partial charge in [0.2, 0.25) is 0 Å². The Hall–Kier alpha value is -2.95. The summed E-state index contributed by atoms with van der Waals surface area (Å²) in [5, 5.41) is 11.6. The highest BCUT2D eigenvalue weighted by atomic mass is 16.5. The predicted octanol–water partition coefficient (Wildman–Crippen LogP) is 3.27. The lowest BCUT2D eigenvalue weighted by Gasteiger charge is -2.27. The maximum Gasteiger partial charge on any atom is 0.287 e. The Morgan fingerprint density at radius 1 is 1.39 bits per heavy atom. The van der Waals surface area contributed by atoms with Crippen LogP contribution in [0, 0.1) is 11.3 Å². The molecular weight excluding hydrogens is 390 g/mol. The van der Waals surface area contributed by atoms with E-state index in [-0.39, 0.29) is 17.4 Å². The second-order valence-corrected chi connectivity index (χ2v) is 7.83. The number of nitrogens with one attached hydrogen (secondary N) is 2. The molecule has 0 bridgehead atoms. The molecule has 1 fully saturated rings.